The standard InChI is InChI=1S/C17H16O5S/c1-22-17(20)15(13-7-3-2-4-8-13)23(21)11-12-6-5-9-14(10-12)16(18)19/h2-10,15H,11H2,1H3,(H,18,19). The van der Waals surface area contributed by atoms with E-state index in [2.05, 4.69) is 0 Å². The summed E-state index contributed by atoms with van der Waals surface area (Å²) in [4.78, 5) is 23.0. The molecule has 2 rings (SSSR count). The van der Waals surface area contributed by atoms with E-state index in [1.165, 1.54) is 19.2 Å². The maximum absolute atomic E-state index is 12.7. The van der Waals surface area contributed by atoms with Crippen molar-refractivity contribution in [1.82, 2.24) is 0 Å². The molecule has 23 heavy (non-hydrogen) atoms. The molecule has 0 spiro atoms. The van der Waals surface area contributed by atoms with Gasteiger partial charge in [-0.3, -0.25) is 9.00 Å². The van der Waals surface area contributed by atoms with Crippen LogP contribution in [0.25, 0.3) is 0 Å². The predicted octanol–water partition coefficient (Wildman–Crippen LogP) is 2.55. The SMILES string of the molecule is COC(=O)C(c1ccccc1)S(=O)Cc1cccc(C(=O)O)c1. The lowest BCUT2D eigenvalue weighted by Crippen LogP contribution is -2.20. The van der Waals surface area contributed by atoms with Crippen LogP contribution in [0.1, 0.15) is 26.7 Å². The molecule has 2 aromatic carbocycles. The maximum Gasteiger partial charge on any atom is 0.335 e. The number of hydrogen-bond donors (Lipinski definition) is 1. The zero-order valence-electron chi connectivity index (χ0n) is 12.5. The predicted molar refractivity (Wildman–Crippen MR) is 86.4 cm³/mol. The van der Waals surface area contributed by atoms with Crippen LogP contribution in [0.5, 0.6) is 0 Å². The first-order chi connectivity index (χ1) is 11.0. The third-order valence-electron chi connectivity index (χ3n) is 3.26. The molecule has 6 heteroatoms. The molecule has 0 bridgehead atoms. The second-order valence-corrected chi connectivity index (χ2v) is 6.37. The summed E-state index contributed by atoms with van der Waals surface area (Å²) < 4.78 is 17.4. The van der Waals surface area contributed by atoms with Crippen molar-refractivity contribution in [3.05, 3.63) is 71.3 Å². The van der Waals surface area contributed by atoms with Crippen molar-refractivity contribution in [3.8, 4) is 0 Å². The lowest BCUT2D eigenvalue weighted by atomic mass is 10.1. The second kappa shape index (κ2) is 7.69. The average molecular weight is 332 g/mol. The van der Waals surface area contributed by atoms with E-state index in [0.717, 1.165) is 0 Å². The van der Waals surface area contributed by atoms with Gasteiger partial charge in [0.2, 0.25) is 0 Å². The van der Waals surface area contributed by atoms with Crippen molar-refractivity contribution >= 4 is 22.7 Å². The largest absolute Gasteiger partial charge is 0.478 e. The highest BCUT2D eigenvalue weighted by Gasteiger charge is 2.28. The summed E-state index contributed by atoms with van der Waals surface area (Å²) in [5, 5.41) is 8.10. The van der Waals surface area contributed by atoms with Crippen LogP contribution in [0.2, 0.25) is 0 Å². The van der Waals surface area contributed by atoms with Crippen LogP contribution in [-0.2, 0) is 26.1 Å². The molecule has 2 atom stereocenters. The fourth-order valence-electron chi connectivity index (χ4n) is 2.17. The number of aromatic carboxylic acids is 1. The molecule has 0 radical (unpaired) electrons. The summed E-state index contributed by atoms with van der Waals surface area (Å²) in [5.41, 5.74) is 1.31. The minimum atomic E-state index is -1.58. The van der Waals surface area contributed by atoms with E-state index in [1.54, 1.807) is 42.5 Å². The van der Waals surface area contributed by atoms with E-state index in [9.17, 15) is 13.8 Å². The number of carbonyl (C=O) groups excluding carboxylic acids is 1. The zero-order valence-corrected chi connectivity index (χ0v) is 13.3. The molecule has 1 N–H and O–H groups in total. The molecule has 0 saturated heterocycles. The Kier molecular flexibility index (Phi) is 5.65. The summed E-state index contributed by atoms with van der Waals surface area (Å²) in [6.07, 6.45) is 0. The van der Waals surface area contributed by atoms with Gasteiger partial charge in [0.25, 0.3) is 0 Å². The Morgan fingerprint density at radius 3 is 2.43 bits per heavy atom. The number of rotatable bonds is 6. The summed E-state index contributed by atoms with van der Waals surface area (Å²) >= 11 is 0. The maximum atomic E-state index is 12.7. The van der Waals surface area contributed by atoms with Gasteiger partial charge in [0.15, 0.2) is 5.25 Å². The van der Waals surface area contributed by atoms with Crippen LogP contribution in [-0.4, -0.2) is 28.4 Å². The lowest BCUT2D eigenvalue weighted by Gasteiger charge is -2.15. The van der Waals surface area contributed by atoms with Crippen molar-refractivity contribution in [2.45, 2.75) is 11.0 Å². The fourth-order valence-corrected chi connectivity index (χ4v) is 3.62. The number of ether oxygens (including phenoxy) is 1. The van der Waals surface area contributed by atoms with Gasteiger partial charge in [-0.05, 0) is 23.3 Å². The number of methoxy groups -OCH3 is 1. The fraction of sp³-hybridized carbons (Fsp3) is 0.176. The van der Waals surface area contributed by atoms with Gasteiger partial charge in [-0.15, -0.1) is 0 Å². The summed E-state index contributed by atoms with van der Waals surface area (Å²) in [6.45, 7) is 0. The molecule has 120 valence electrons. The van der Waals surface area contributed by atoms with Crippen molar-refractivity contribution in [1.29, 1.82) is 0 Å². The molecule has 0 fully saturated rings. The van der Waals surface area contributed by atoms with Gasteiger partial charge in [0, 0.05) is 16.6 Å². The lowest BCUT2D eigenvalue weighted by molar-refractivity contribution is -0.140. The van der Waals surface area contributed by atoms with Crippen molar-refractivity contribution in [2.75, 3.05) is 7.11 Å². The molecule has 0 amide bonds. The highest BCUT2D eigenvalue weighted by atomic mass is 32.2. The number of hydrogen-bond acceptors (Lipinski definition) is 4. The molecule has 0 saturated carbocycles. The molecule has 2 aromatic rings. The molecule has 5 nitrogen and oxygen atoms in total. The van der Waals surface area contributed by atoms with Crippen molar-refractivity contribution in [2.24, 2.45) is 0 Å². The smallest absolute Gasteiger partial charge is 0.335 e. The molecule has 0 aliphatic carbocycles. The minimum absolute atomic E-state index is 0.0653. The third-order valence-corrected chi connectivity index (χ3v) is 4.87. The Morgan fingerprint density at radius 1 is 1.13 bits per heavy atom. The molecular weight excluding hydrogens is 316 g/mol. The topological polar surface area (TPSA) is 80.7 Å². The third kappa shape index (κ3) is 4.26. The molecule has 0 aliphatic rings. The number of esters is 1. The summed E-state index contributed by atoms with van der Waals surface area (Å²) in [5.74, 6) is -1.57. The number of carboxylic acid groups (broad SMARTS) is 1. The Labute approximate surface area is 136 Å². The van der Waals surface area contributed by atoms with Gasteiger partial charge in [0.05, 0.1) is 12.7 Å². The van der Waals surface area contributed by atoms with Gasteiger partial charge >= 0.3 is 11.9 Å². The van der Waals surface area contributed by atoms with E-state index < -0.39 is 28.0 Å². The molecule has 0 heterocycles. The molecule has 0 aliphatic heterocycles. The monoisotopic (exact) mass is 332 g/mol. The van der Waals surface area contributed by atoms with Crippen LogP contribution >= 0.6 is 0 Å². The van der Waals surface area contributed by atoms with E-state index >= 15 is 0 Å². The van der Waals surface area contributed by atoms with Gasteiger partial charge < -0.3 is 9.84 Å². The Morgan fingerprint density at radius 2 is 1.83 bits per heavy atom. The van der Waals surface area contributed by atoms with E-state index in [4.69, 9.17) is 9.84 Å². The first-order valence-corrected chi connectivity index (χ1v) is 8.23. The van der Waals surface area contributed by atoms with Gasteiger partial charge in [-0.1, -0.05) is 42.5 Å². The van der Waals surface area contributed by atoms with Crippen LogP contribution < -0.4 is 0 Å². The molecular formula is C17H16O5S. The van der Waals surface area contributed by atoms with Crippen molar-refractivity contribution < 1.29 is 23.6 Å². The van der Waals surface area contributed by atoms with E-state index in [1.807, 2.05) is 0 Å². The minimum Gasteiger partial charge on any atom is -0.478 e. The zero-order chi connectivity index (χ0) is 16.8. The summed E-state index contributed by atoms with van der Waals surface area (Å²) in [7, 11) is -0.328. The number of benzene rings is 2. The molecule has 0 aromatic heterocycles. The Bertz CT molecular complexity index is 727. The summed E-state index contributed by atoms with van der Waals surface area (Å²) in [6, 6.07) is 14.9. The van der Waals surface area contributed by atoms with Gasteiger partial charge in [0.1, 0.15) is 0 Å². The highest BCUT2D eigenvalue weighted by Crippen LogP contribution is 2.24. The number of carbonyl (C=O) groups is 2. The van der Waals surface area contributed by atoms with Crippen molar-refractivity contribution in [3.63, 3.8) is 0 Å². The normalized spacial score (nSPS) is 13.1. The first-order valence-electron chi connectivity index (χ1n) is 6.85. The van der Waals surface area contributed by atoms with Crippen LogP contribution in [0, 0.1) is 0 Å². The van der Waals surface area contributed by atoms with E-state index in [0.29, 0.717) is 11.1 Å². The Hall–Kier alpha value is -2.47. The molecule has 2 unspecified atom stereocenters. The van der Waals surface area contributed by atoms with Crippen LogP contribution in [0.15, 0.2) is 54.6 Å². The highest BCUT2D eigenvalue weighted by molar-refractivity contribution is 7.85. The Balaban J connectivity index is 2.27. The van der Waals surface area contributed by atoms with Crippen LogP contribution in [0.4, 0.5) is 0 Å². The van der Waals surface area contributed by atoms with Gasteiger partial charge in [-0.25, -0.2) is 4.79 Å². The second-order valence-electron chi connectivity index (χ2n) is 4.84. The quantitative estimate of drug-likeness (QED) is 0.822. The van der Waals surface area contributed by atoms with E-state index in [-0.39, 0.29) is 11.3 Å². The number of carboxylic acids is 1. The van der Waals surface area contributed by atoms with Crippen LogP contribution in [0.3, 0.4) is 0 Å². The van der Waals surface area contributed by atoms with Gasteiger partial charge in [-0.2, -0.15) is 0 Å². The average Bonchev–Trinajstić information content (AvgIpc) is 2.56. The first kappa shape index (κ1) is 16.9.